The molecule has 1 aromatic carbocycles. The first kappa shape index (κ1) is 18.7. The second kappa shape index (κ2) is 7.96. The molecular formula is C17H17F4N3O. The lowest BCUT2D eigenvalue weighted by molar-refractivity contribution is -0.116. The molecule has 0 fully saturated rings. The third-order valence-corrected chi connectivity index (χ3v) is 3.27. The zero-order chi connectivity index (χ0) is 18.6. The second-order valence-electron chi connectivity index (χ2n) is 5.90. The van der Waals surface area contributed by atoms with Crippen LogP contribution in [0.3, 0.4) is 0 Å². The number of rotatable bonds is 6. The summed E-state index contributed by atoms with van der Waals surface area (Å²) in [5, 5.41) is 5.02. The van der Waals surface area contributed by atoms with Crippen LogP contribution >= 0.6 is 0 Å². The molecule has 0 aliphatic rings. The Bertz CT molecular complexity index is 754. The fourth-order valence-corrected chi connectivity index (χ4v) is 2.17. The molecule has 0 unspecified atom stereocenters. The summed E-state index contributed by atoms with van der Waals surface area (Å²) in [5.41, 5.74) is 0.135. The molecule has 4 nitrogen and oxygen atoms in total. The average Bonchev–Trinajstić information content (AvgIpc) is 2.52. The summed E-state index contributed by atoms with van der Waals surface area (Å²) in [6, 6.07) is 6.53. The molecule has 0 bridgehead atoms. The van der Waals surface area contributed by atoms with Crippen molar-refractivity contribution in [3.8, 4) is 0 Å². The monoisotopic (exact) mass is 355 g/mol. The molecule has 0 aliphatic carbocycles. The van der Waals surface area contributed by atoms with Gasteiger partial charge in [0, 0.05) is 18.7 Å². The van der Waals surface area contributed by atoms with Crippen LogP contribution in [-0.4, -0.2) is 10.9 Å². The summed E-state index contributed by atoms with van der Waals surface area (Å²) < 4.78 is 53.3. The predicted octanol–water partition coefficient (Wildman–Crippen LogP) is 4.23. The van der Waals surface area contributed by atoms with Gasteiger partial charge in [0.2, 0.25) is 17.5 Å². The topological polar surface area (TPSA) is 54.0 Å². The number of carbonyl (C=O) groups excluding carboxylic acids is 1. The number of aromatic nitrogens is 1. The molecule has 0 saturated heterocycles. The van der Waals surface area contributed by atoms with E-state index in [0.717, 1.165) is 0 Å². The summed E-state index contributed by atoms with van der Waals surface area (Å²) in [6.07, 6.45) is 0.356. The zero-order valence-electron chi connectivity index (χ0n) is 13.7. The van der Waals surface area contributed by atoms with Crippen molar-refractivity contribution < 1.29 is 22.4 Å². The van der Waals surface area contributed by atoms with Gasteiger partial charge in [-0.1, -0.05) is 26.0 Å². The van der Waals surface area contributed by atoms with Gasteiger partial charge < -0.3 is 10.6 Å². The highest BCUT2D eigenvalue weighted by Gasteiger charge is 2.20. The molecule has 0 atom stereocenters. The van der Waals surface area contributed by atoms with Gasteiger partial charge in [0.1, 0.15) is 5.69 Å². The van der Waals surface area contributed by atoms with Crippen LogP contribution in [0.4, 0.5) is 28.9 Å². The van der Waals surface area contributed by atoms with E-state index in [9.17, 15) is 22.4 Å². The Kier molecular flexibility index (Phi) is 5.95. The first-order valence-electron chi connectivity index (χ1n) is 7.60. The predicted molar refractivity (Wildman–Crippen MR) is 85.9 cm³/mol. The Morgan fingerprint density at radius 1 is 1.12 bits per heavy atom. The van der Waals surface area contributed by atoms with Gasteiger partial charge in [-0.25, -0.2) is 0 Å². The molecule has 1 heterocycles. The van der Waals surface area contributed by atoms with Crippen molar-refractivity contribution in [1.29, 1.82) is 0 Å². The lowest BCUT2D eigenvalue weighted by atomic mass is 10.1. The van der Waals surface area contributed by atoms with E-state index in [0.29, 0.717) is 17.7 Å². The molecule has 134 valence electrons. The highest BCUT2D eigenvalue weighted by molar-refractivity contribution is 5.90. The third kappa shape index (κ3) is 4.91. The molecular weight excluding hydrogens is 338 g/mol. The molecule has 1 aromatic heterocycles. The highest BCUT2D eigenvalue weighted by Crippen LogP contribution is 2.23. The number of halogens is 4. The largest absolute Gasteiger partial charge is 0.376 e. The van der Waals surface area contributed by atoms with E-state index in [4.69, 9.17) is 0 Å². The van der Waals surface area contributed by atoms with Gasteiger partial charge in [0.05, 0.1) is 0 Å². The van der Waals surface area contributed by atoms with Gasteiger partial charge in [0.15, 0.2) is 0 Å². The van der Waals surface area contributed by atoms with Crippen LogP contribution in [0.5, 0.6) is 0 Å². The number of amides is 1. The molecule has 1 amide bonds. The number of nitrogens with one attached hydrogen (secondary N) is 2. The van der Waals surface area contributed by atoms with E-state index < -0.39 is 29.2 Å². The van der Waals surface area contributed by atoms with Gasteiger partial charge >= 0.3 is 0 Å². The van der Waals surface area contributed by atoms with Gasteiger partial charge in [0.25, 0.3) is 11.9 Å². The number of anilines is 2. The minimum Gasteiger partial charge on any atom is -0.376 e. The number of nitrogens with zero attached hydrogens (tertiary/aromatic N) is 1. The lowest BCUT2D eigenvalue weighted by Crippen LogP contribution is -2.14. The van der Waals surface area contributed by atoms with Crippen molar-refractivity contribution >= 4 is 17.3 Å². The van der Waals surface area contributed by atoms with Gasteiger partial charge in [-0.15, -0.1) is 0 Å². The molecule has 2 rings (SSSR count). The number of carbonyl (C=O) groups is 1. The summed E-state index contributed by atoms with van der Waals surface area (Å²) >= 11 is 0. The summed E-state index contributed by atoms with van der Waals surface area (Å²) in [7, 11) is 0. The molecule has 0 spiro atoms. The fraction of sp³-hybridized carbons (Fsp3) is 0.294. The van der Waals surface area contributed by atoms with E-state index in [-0.39, 0.29) is 18.4 Å². The van der Waals surface area contributed by atoms with Crippen LogP contribution in [0, 0.1) is 29.4 Å². The van der Waals surface area contributed by atoms with E-state index in [1.54, 1.807) is 24.3 Å². The van der Waals surface area contributed by atoms with E-state index in [1.807, 2.05) is 13.8 Å². The normalized spacial score (nSPS) is 10.8. The highest BCUT2D eigenvalue weighted by atomic mass is 19.2. The van der Waals surface area contributed by atoms with E-state index >= 15 is 0 Å². The average molecular weight is 355 g/mol. The first-order chi connectivity index (χ1) is 11.8. The Balaban J connectivity index is 2.10. The van der Waals surface area contributed by atoms with Gasteiger partial charge in [-0.2, -0.15) is 22.5 Å². The maximum absolute atomic E-state index is 13.6. The zero-order valence-corrected chi connectivity index (χ0v) is 13.7. The van der Waals surface area contributed by atoms with Gasteiger partial charge in [-0.3, -0.25) is 4.79 Å². The number of pyridine rings is 1. The SMILES string of the molecule is CC(C)CC(=O)Nc1cccc(CNc2c(F)c(F)nc(F)c2F)c1. The van der Waals surface area contributed by atoms with Crippen LogP contribution in [0.1, 0.15) is 25.8 Å². The molecule has 25 heavy (non-hydrogen) atoms. The Hall–Kier alpha value is -2.64. The van der Waals surface area contributed by atoms with Crippen molar-refractivity contribution in [3.63, 3.8) is 0 Å². The summed E-state index contributed by atoms with van der Waals surface area (Å²) in [6.45, 7) is 3.72. The smallest absolute Gasteiger partial charge is 0.253 e. The lowest BCUT2D eigenvalue weighted by Gasteiger charge is -2.11. The molecule has 2 aromatic rings. The maximum Gasteiger partial charge on any atom is 0.253 e. The van der Waals surface area contributed by atoms with Crippen LogP contribution in [0.25, 0.3) is 0 Å². The van der Waals surface area contributed by atoms with E-state index in [2.05, 4.69) is 15.6 Å². The number of hydrogen-bond donors (Lipinski definition) is 2. The van der Waals surface area contributed by atoms with Crippen LogP contribution in [0.2, 0.25) is 0 Å². The van der Waals surface area contributed by atoms with Crippen molar-refractivity contribution in [2.24, 2.45) is 5.92 Å². The van der Waals surface area contributed by atoms with Crippen LogP contribution in [-0.2, 0) is 11.3 Å². The van der Waals surface area contributed by atoms with Crippen molar-refractivity contribution in [2.75, 3.05) is 10.6 Å². The molecule has 0 aliphatic heterocycles. The minimum atomic E-state index is -1.73. The summed E-state index contributed by atoms with van der Waals surface area (Å²) in [4.78, 5) is 14.2. The minimum absolute atomic E-state index is 0.107. The van der Waals surface area contributed by atoms with E-state index in [1.165, 1.54) is 0 Å². The van der Waals surface area contributed by atoms with Crippen LogP contribution < -0.4 is 10.6 Å². The second-order valence-corrected chi connectivity index (χ2v) is 5.90. The number of hydrogen-bond acceptors (Lipinski definition) is 3. The molecule has 8 heteroatoms. The maximum atomic E-state index is 13.6. The quantitative estimate of drug-likeness (QED) is 0.602. The van der Waals surface area contributed by atoms with Crippen molar-refractivity contribution in [1.82, 2.24) is 4.98 Å². The van der Waals surface area contributed by atoms with Gasteiger partial charge in [-0.05, 0) is 23.6 Å². The molecule has 2 N–H and O–H groups in total. The Morgan fingerprint density at radius 3 is 2.36 bits per heavy atom. The summed E-state index contributed by atoms with van der Waals surface area (Å²) in [5.74, 6) is -6.60. The fourth-order valence-electron chi connectivity index (χ4n) is 2.17. The standard InChI is InChI=1S/C17H17F4N3O/c1-9(2)6-12(25)23-11-5-3-4-10(7-11)8-22-15-13(18)16(20)24-17(21)14(15)19/h3-5,7,9H,6,8H2,1-2H3,(H,22,24)(H,23,25). The van der Waals surface area contributed by atoms with Crippen LogP contribution in [0.15, 0.2) is 24.3 Å². The van der Waals surface area contributed by atoms with Crippen molar-refractivity contribution in [3.05, 3.63) is 53.4 Å². The molecule has 0 saturated carbocycles. The number of benzene rings is 1. The molecule has 0 radical (unpaired) electrons. The Morgan fingerprint density at radius 2 is 1.76 bits per heavy atom. The van der Waals surface area contributed by atoms with Crippen molar-refractivity contribution in [2.45, 2.75) is 26.8 Å². The first-order valence-corrected chi connectivity index (χ1v) is 7.60. The Labute approximate surface area is 142 Å². The third-order valence-electron chi connectivity index (χ3n) is 3.27.